The lowest BCUT2D eigenvalue weighted by Gasteiger charge is -2.32. The number of benzene rings is 1. The molecule has 0 bridgehead atoms. The number of carbonyl (C=O) groups excluding carboxylic acids is 1. The summed E-state index contributed by atoms with van der Waals surface area (Å²) in [5.41, 5.74) is 0.636. The van der Waals surface area contributed by atoms with Crippen LogP contribution >= 0.6 is 0 Å². The highest BCUT2D eigenvalue weighted by Gasteiger charge is 2.26. The van der Waals surface area contributed by atoms with Crippen LogP contribution in [0.3, 0.4) is 0 Å². The molecule has 0 heterocycles. The Balaban J connectivity index is 2.20. The van der Waals surface area contributed by atoms with Gasteiger partial charge in [0.05, 0.1) is 18.8 Å². The van der Waals surface area contributed by atoms with Gasteiger partial charge in [0.1, 0.15) is 11.5 Å². The first kappa shape index (κ1) is 14.9. The first-order valence-corrected chi connectivity index (χ1v) is 7.35. The van der Waals surface area contributed by atoms with Gasteiger partial charge in [0.25, 0.3) is 0 Å². The molecule has 1 aromatic rings. The van der Waals surface area contributed by atoms with Crippen molar-refractivity contribution >= 4 is 5.78 Å². The summed E-state index contributed by atoms with van der Waals surface area (Å²) in [5.74, 6) is 2.76. The Bertz CT molecular complexity index is 471. The number of carbonyl (C=O) groups is 1. The van der Waals surface area contributed by atoms with Crippen molar-refractivity contribution in [3.05, 3.63) is 23.8 Å². The van der Waals surface area contributed by atoms with Gasteiger partial charge in [-0.2, -0.15) is 0 Å². The number of hydrogen-bond acceptors (Lipinski definition) is 3. The molecule has 1 saturated carbocycles. The van der Waals surface area contributed by atoms with Crippen LogP contribution in [0.4, 0.5) is 0 Å². The van der Waals surface area contributed by atoms with E-state index in [1.807, 2.05) is 6.07 Å². The zero-order valence-corrected chi connectivity index (χ0v) is 12.8. The molecule has 1 aromatic carbocycles. The van der Waals surface area contributed by atoms with Gasteiger partial charge in [-0.05, 0) is 50.2 Å². The molecule has 3 heteroatoms. The molecule has 0 radical (unpaired) electrons. The van der Waals surface area contributed by atoms with Gasteiger partial charge in [0.2, 0.25) is 0 Å². The SMILES string of the molecule is COc1ccc(C(C)=O)c(OC2CC(C)CC(C)C2)c1. The maximum absolute atomic E-state index is 11.7. The van der Waals surface area contributed by atoms with Crippen LogP contribution in [0, 0.1) is 11.8 Å². The molecular formula is C17H24O3. The molecule has 0 spiro atoms. The minimum Gasteiger partial charge on any atom is -0.497 e. The summed E-state index contributed by atoms with van der Waals surface area (Å²) in [6.45, 7) is 6.10. The third kappa shape index (κ3) is 3.53. The Morgan fingerprint density at radius 1 is 1.15 bits per heavy atom. The van der Waals surface area contributed by atoms with Crippen LogP contribution in [-0.2, 0) is 0 Å². The Kier molecular flexibility index (Phi) is 4.69. The normalized spacial score (nSPS) is 26.1. The van der Waals surface area contributed by atoms with Crippen molar-refractivity contribution in [1.82, 2.24) is 0 Å². The summed E-state index contributed by atoms with van der Waals surface area (Å²) < 4.78 is 11.4. The second-order valence-electron chi connectivity index (χ2n) is 6.08. The van der Waals surface area contributed by atoms with Crippen LogP contribution in [0.2, 0.25) is 0 Å². The number of ether oxygens (including phenoxy) is 2. The second kappa shape index (κ2) is 6.29. The number of hydrogen-bond donors (Lipinski definition) is 0. The van der Waals surface area contributed by atoms with Gasteiger partial charge in [-0.3, -0.25) is 4.79 Å². The van der Waals surface area contributed by atoms with Crippen molar-refractivity contribution in [2.75, 3.05) is 7.11 Å². The molecule has 0 saturated heterocycles. The first-order chi connectivity index (χ1) is 9.49. The molecule has 2 rings (SSSR count). The predicted octanol–water partition coefficient (Wildman–Crippen LogP) is 4.10. The van der Waals surface area contributed by atoms with Crippen LogP contribution < -0.4 is 9.47 Å². The largest absolute Gasteiger partial charge is 0.497 e. The van der Waals surface area contributed by atoms with Crippen molar-refractivity contribution in [1.29, 1.82) is 0 Å². The minimum atomic E-state index is 0.0274. The molecule has 0 amide bonds. The van der Waals surface area contributed by atoms with E-state index in [0.29, 0.717) is 23.1 Å². The molecule has 0 aliphatic heterocycles. The zero-order valence-electron chi connectivity index (χ0n) is 12.8. The quantitative estimate of drug-likeness (QED) is 0.777. The molecule has 110 valence electrons. The molecule has 3 nitrogen and oxygen atoms in total. The van der Waals surface area contributed by atoms with Crippen molar-refractivity contribution in [3.8, 4) is 11.5 Å². The average molecular weight is 276 g/mol. The van der Waals surface area contributed by atoms with Crippen LogP contribution in [-0.4, -0.2) is 19.0 Å². The molecule has 20 heavy (non-hydrogen) atoms. The van der Waals surface area contributed by atoms with Crippen LogP contribution in [0.25, 0.3) is 0 Å². The molecule has 0 aromatic heterocycles. The monoisotopic (exact) mass is 276 g/mol. The summed E-state index contributed by atoms with van der Waals surface area (Å²) >= 11 is 0. The minimum absolute atomic E-state index is 0.0274. The van der Waals surface area contributed by atoms with Gasteiger partial charge in [-0.15, -0.1) is 0 Å². The third-order valence-electron chi connectivity index (χ3n) is 4.00. The third-order valence-corrected chi connectivity index (χ3v) is 4.00. The Morgan fingerprint density at radius 2 is 1.80 bits per heavy atom. The van der Waals surface area contributed by atoms with E-state index in [9.17, 15) is 4.79 Å². The summed E-state index contributed by atoms with van der Waals surface area (Å²) in [4.78, 5) is 11.7. The van der Waals surface area contributed by atoms with Crippen molar-refractivity contribution in [3.63, 3.8) is 0 Å². The topological polar surface area (TPSA) is 35.5 Å². The van der Waals surface area contributed by atoms with Gasteiger partial charge in [0, 0.05) is 6.07 Å². The highest BCUT2D eigenvalue weighted by molar-refractivity contribution is 5.97. The lowest BCUT2D eigenvalue weighted by atomic mass is 9.82. The summed E-state index contributed by atoms with van der Waals surface area (Å²) in [6.07, 6.45) is 3.56. The van der Waals surface area contributed by atoms with E-state index in [1.54, 1.807) is 26.2 Å². The fourth-order valence-corrected chi connectivity index (χ4v) is 3.17. The molecule has 0 N–H and O–H groups in total. The van der Waals surface area contributed by atoms with Crippen molar-refractivity contribution in [2.45, 2.75) is 46.1 Å². The number of ketones is 1. The number of rotatable bonds is 4. The molecule has 1 aliphatic rings. The number of Topliss-reactive ketones (excluding diaryl/α,β-unsaturated/α-hetero) is 1. The molecule has 1 fully saturated rings. The fraction of sp³-hybridized carbons (Fsp3) is 0.588. The molecule has 2 atom stereocenters. The Morgan fingerprint density at radius 3 is 2.35 bits per heavy atom. The highest BCUT2D eigenvalue weighted by Crippen LogP contribution is 2.33. The summed E-state index contributed by atoms with van der Waals surface area (Å²) in [6, 6.07) is 5.41. The molecule has 1 aliphatic carbocycles. The lowest BCUT2D eigenvalue weighted by Crippen LogP contribution is -2.29. The van der Waals surface area contributed by atoms with Gasteiger partial charge in [-0.25, -0.2) is 0 Å². The lowest BCUT2D eigenvalue weighted by molar-refractivity contribution is 0.0940. The van der Waals surface area contributed by atoms with Crippen LogP contribution in [0.5, 0.6) is 11.5 Å². The van der Waals surface area contributed by atoms with Crippen LogP contribution in [0.15, 0.2) is 18.2 Å². The van der Waals surface area contributed by atoms with E-state index in [1.165, 1.54) is 6.42 Å². The van der Waals surface area contributed by atoms with Gasteiger partial charge < -0.3 is 9.47 Å². The van der Waals surface area contributed by atoms with E-state index >= 15 is 0 Å². The standard InChI is InChI=1S/C17H24O3/c1-11-7-12(2)9-15(8-11)20-17-10-14(19-4)5-6-16(17)13(3)18/h5-6,10-12,15H,7-9H2,1-4H3. The van der Waals surface area contributed by atoms with E-state index in [0.717, 1.165) is 18.6 Å². The molecule has 2 unspecified atom stereocenters. The Labute approximate surface area is 121 Å². The first-order valence-electron chi connectivity index (χ1n) is 7.35. The summed E-state index contributed by atoms with van der Waals surface area (Å²) in [7, 11) is 1.62. The fourth-order valence-electron chi connectivity index (χ4n) is 3.17. The van der Waals surface area contributed by atoms with E-state index in [-0.39, 0.29) is 11.9 Å². The highest BCUT2D eigenvalue weighted by atomic mass is 16.5. The maximum atomic E-state index is 11.7. The van der Waals surface area contributed by atoms with Crippen molar-refractivity contribution in [2.24, 2.45) is 11.8 Å². The number of methoxy groups -OCH3 is 1. The van der Waals surface area contributed by atoms with Gasteiger partial charge >= 0.3 is 0 Å². The summed E-state index contributed by atoms with van der Waals surface area (Å²) in [5, 5.41) is 0. The maximum Gasteiger partial charge on any atom is 0.163 e. The van der Waals surface area contributed by atoms with Gasteiger partial charge in [-0.1, -0.05) is 13.8 Å². The smallest absolute Gasteiger partial charge is 0.163 e. The Hall–Kier alpha value is -1.51. The van der Waals surface area contributed by atoms with Crippen molar-refractivity contribution < 1.29 is 14.3 Å². The second-order valence-corrected chi connectivity index (χ2v) is 6.08. The zero-order chi connectivity index (χ0) is 14.7. The van der Waals surface area contributed by atoms with E-state index < -0.39 is 0 Å². The average Bonchev–Trinajstić information content (AvgIpc) is 2.37. The van der Waals surface area contributed by atoms with E-state index in [4.69, 9.17) is 9.47 Å². The van der Waals surface area contributed by atoms with Gasteiger partial charge in [0.15, 0.2) is 5.78 Å². The molecular weight excluding hydrogens is 252 g/mol. The van der Waals surface area contributed by atoms with Crippen LogP contribution in [0.1, 0.15) is 50.4 Å². The van der Waals surface area contributed by atoms with E-state index in [2.05, 4.69) is 13.8 Å². The predicted molar refractivity (Wildman–Crippen MR) is 79.6 cm³/mol.